The Morgan fingerprint density at radius 2 is 2.10 bits per heavy atom. The Morgan fingerprint density at radius 3 is 2.85 bits per heavy atom. The Morgan fingerprint density at radius 1 is 1.30 bits per heavy atom. The van der Waals surface area contributed by atoms with E-state index in [1.165, 1.54) is 25.9 Å². The summed E-state index contributed by atoms with van der Waals surface area (Å²) in [5.74, 6) is 1.41. The second-order valence-electron chi connectivity index (χ2n) is 5.89. The number of hydrogen-bond donors (Lipinski definition) is 1. The van der Waals surface area contributed by atoms with Gasteiger partial charge >= 0.3 is 0 Å². The summed E-state index contributed by atoms with van der Waals surface area (Å²) < 4.78 is 5.76. The van der Waals surface area contributed by atoms with Crippen LogP contribution in [0.4, 0.5) is 0 Å². The molecule has 0 amide bonds. The van der Waals surface area contributed by atoms with Gasteiger partial charge in [0.1, 0.15) is 6.61 Å². The van der Waals surface area contributed by atoms with Crippen LogP contribution in [0.1, 0.15) is 32.4 Å². The summed E-state index contributed by atoms with van der Waals surface area (Å²) in [5, 5.41) is 3.40. The molecule has 1 aromatic rings. The lowest BCUT2D eigenvalue weighted by Crippen LogP contribution is -2.25. The number of hydrogen-bond acceptors (Lipinski definition) is 4. The van der Waals surface area contributed by atoms with Crippen molar-refractivity contribution in [2.45, 2.75) is 33.2 Å². The van der Waals surface area contributed by atoms with Crippen LogP contribution in [0.2, 0.25) is 0 Å². The van der Waals surface area contributed by atoms with E-state index in [2.05, 4.69) is 29.0 Å². The molecule has 0 aliphatic carbocycles. The fraction of sp³-hybridized carbons (Fsp3) is 0.688. The van der Waals surface area contributed by atoms with Crippen molar-refractivity contribution in [3.05, 3.63) is 23.9 Å². The Hall–Kier alpha value is -1.13. The van der Waals surface area contributed by atoms with Crippen LogP contribution < -0.4 is 10.1 Å². The first-order valence-electron chi connectivity index (χ1n) is 7.76. The number of rotatable bonds is 8. The number of nitrogens with zero attached hydrogens (tertiary/aromatic N) is 2. The van der Waals surface area contributed by atoms with Gasteiger partial charge in [0.05, 0.1) is 5.69 Å². The van der Waals surface area contributed by atoms with Crippen molar-refractivity contribution in [1.29, 1.82) is 0 Å². The fourth-order valence-corrected chi connectivity index (χ4v) is 2.41. The first kappa shape index (κ1) is 15.3. The number of pyridine rings is 1. The highest BCUT2D eigenvalue weighted by Crippen LogP contribution is 2.09. The first-order valence-corrected chi connectivity index (χ1v) is 7.76. The zero-order valence-electron chi connectivity index (χ0n) is 12.8. The van der Waals surface area contributed by atoms with Crippen molar-refractivity contribution in [1.82, 2.24) is 15.2 Å². The molecule has 2 rings (SSSR count). The summed E-state index contributed by atoms with van der Waals surface area (Å²) in [4.78, 5) is 6.98. The third-order valence-electron chi connectivity index (χ3n) is 3.50. The van der Waals surface area contributed by atoms with E-state index in [4.69, 9.17) is 4.74 Å². The molecule has 4 heteroatoms. The quantitative estimate of drug-likeness (QED) is 0.791. The minimum Gasteiger partial charge on any atom is -0.476 e. The molecular formula is C16H27N3O. The summed E-state index contributed by atoms with van der Waals surface area (Å²) in [5.41, 5.74) is 1.05. The molecule has 0 bridgehead atoms. The van der Waals surface area contributed by atoms with Gasteiger partial charge in [-0.3, -0.25) is 4.90 Å². The molecule has 1 N–H and O–H groups in total. The van der Waals surface area contributed by atoms with Gasteiger partial charge in [-0.05, 0) is 44.5 Å². The zero-order valence-corrected chi connectivity index (χ0v) is 12.8. The van der Waals surface area contributed by atoms with Crippen LogP contribution >= 0.6 is 0 Å². The maximum atomic E-state index is 5.76. The average molecular weight is 277 g/mol. The number of likely N-dealkylation sites (tertiary alicyclic amines) is 1. The van der Waals surface area contributed by atoms with E-state index >= 15 is 0 Å². The highest BCUT2D eigenvalue weighted by atomic mass is 16.5. The lowest BCUT2D eigenvalue weighted by atomic mass is 10.2. The van der Waals surface area contributed by atoms with Crippen LogP contribution in [0, 0.1) is 5.92 Å². The van der Waals surface area contributed by atoms with Gasteiger partial charge in [0.25, 0.3) is 0 Å². The average Bonchev–Trinajstić information content (AvgIpc) is 2.92. The Labute approximate surface area is 122 Å². The monoisotopic (exact) mass is 277 g/mol. The van der Waals surface area contributed by atoms with Gasteiger partial charge in [0.2, 0.25) is 5.88 Å². The predicted octanol–water partition coefficient (Wildman–Crippen LogP) is 2.30. The number of aromatic nitrogens is 1. The molecular weight excluding hydrogens is 250 g/mol. The van der Waals surface area contributed by atoms with Gasteiger partial charge in [-0.15, -0.1) is 0 Å². The fourth-order valence-electron chi connectivity index (χ4n) is 2.41. The van der Waals surface area contributed by atoms with E-state index in [1.54, 1.807) is 0 Å². The lowest BCUT2D eigenvalue weighted by molar-refractivity contribution is 0.231. The molecule has 20 heavy (non-hydrogen) atoms. The van der Waals surface area contributed by atoms with Crippen molar-refractivity contribution in [3.63, 3.8) is 0 Å². The molecule has 2 heterocycles. The first-order chi connectivity index (χ1) is 9.74. The Balaban J connectivity index is 1.71. The Kier molecular flexibility index (Phi) is 6.27. The normalized spacial score (nSPS) is 15.9. The third kappa shape index (κ3) is 5.47. The Bertz CT molecular complexity index is 389. The topological polar surface area (TPSA) is 37.4 Å². The molecule has 0 spiro atoms. The maximum absolute atomic E-state index is 5.76. The highest BCUT2D eigenvalue weighted by molar-refractivity contribution is 5.15. The number of nitrogens with one attached hydrogen (secondary N) is 1. The van der Waals surface area contributed by atoms with Gasteiger partial charge in [-0.1, -0.05) is 19.9 Å². The van der Waals surface area contributed by atoms with Crippen LogP contribution in [0.3, 0.4) is 0 Å². The molecule has 1 aliphatic rings. The second kappa shape index (κ2) is 8.22. The molecule has 1 aliphatic heterocycles. The SMILES string of the molecule is CC(C)CNCc1cccc(OCCN2CCCC2)n1. The van der Waals surface area contributed by atoms with E-state index in [0.717, 1.165) is 37.8 Å². The second-order valence-corrected chi connectivity index (χ2v) is 5.89. The molecule has 0 atom stereocenters. The molecule has 0 saturated carbocycles. The minimum atomic E-state index is 0.662. The summed E-state index contributed by atoms with van der Waals surface area (Å²) in [6, 6.07) is 6.00. The predicted molar refractivity (Wildman–Crippen MR) is 82.0 cm³/mol. The third-order valence-corrected chi connectivity index (χ3v) is 3.50. The van der Waals surface area contributed by atoms with Gasteiger partial charge in [-0.2, -0.15) is 0 Å². The van der Waals surface area contributed by atoms with Crippen molar-refractivity contribution in [2.75, 3.05) is 32.8 Å². The van der Waals surface area contributed by atoms with Gasteiger partial charge in [-0.25, -0.2) is 4.98 Å². The standard InChI is InChI=1S/C16H27N3O/c1-14(2)12-17-13-15-6-5-7-16(18-15)20-11-10-19-8-3-4-9-19/h5-7,14,17H,3-4,8-13H2,1-2H3. The van der Waals surface area contributed by atoms with Gasteiger partial charge in [0, 0.05) is 19.2 Å². The molecule has 0 aromatic carbocycles. The van der Waals surface area contributed by atoms with E-state index in [0.29, 0.717) is 5.92 Å². The van der Waals surface area contributed by atoms with Gasteiger partial charge < -0.3 is 10.1 Å². The van der Waals surface area contributed by atoms with E-state index in [1.807, 2.05) is 18.2 Å². The van der Waals surface area contributed by atoms with Crippen LogP contribution in [-0.2, 0) is 6.54 Å². The molecule has 1 fully saturated rings. The molecule has 0 radical (unpaired) electrons. The minimum absolute atomic E-state index is 0.662. The molecule has 4 nitrogen and oxygen atoms in total. The van der Waals surface area contributed by atoms with Crippen LogP contribution in [0.25, 0.3) is 0 Å². The van der Waals surface area contributed by atoms with Crippen LogP contribution in [-0.4, -0.2) is 42.7 Å². The van der Waals surface area contributed by atoms with Crippen molar-refractivity contribution >= 4 is 0 Å². The van der Waals surface area contributed by atoms with Crippen LogP contribution in [0.15, 0.2) is 18.2 Å². The van der Waals surface area contributed by atoms with E-state index in [-0.39, 0.29) is 0 Å². The summed E-state index contributed by atoms with van der Waals surface area (Å²) in [6.45, 7) is 10.4. The number of ether oxygens (including phenoxy) is 1. The van der Waals surface area contributed by atoms with E-state index < -0.39 is 0 Å². The van der Waals surface area contributed by atoms with E-state index in [9.17, 15) is 0 Å². The molecule has 0 unspecified atom stereocenters. The largest absolute Gasteiger partial charge is 0.476 e. The van der Waals surface area contributed by atoms with Crippen LogP contribution in [0.5, 0.6) is 5.88 Å². The molecule has 112 valence electrons. The van der Waals surface area contributed by atoms with Crippen molar-refractivity contribution in [2.24, 2.45) is 5.92 Å². The zero-order chi connectivity index (χ0) is 14.2. The molecule has 1 saturated heterocycles. The summed E-state index contributed by atoms with van der Waals surface area (Å²) >= 11 is 0. The summed E-state index contributed by atoms with van der Waals surface area (Å²) in [7, 11) is 0. The maximum Gasteiger partial charge on any atom is 0.213 e. The lowest BCUT2D eigenvalue weighted by Gasteiger charge is -2.14. The van der Waals surface area contributed by atoms with Crippen molar-refractivity contribution < 1.29 is 4.74 Å². The smallest absolute Gasteiger partial charge is 0.213 e. The summed E-state index contributed by atoms with van der Waals surface area (Å²) in [6.07, 6.45) is 2.66. The van der Waals surface area contributed by atoms with Gasteiger partial charge in [0.15, 0.2) is 0 Å². The molecule has 1 aromatic heterocycles. The van der Waals surface area contributed by atoms with Crippen molar-refractivity contribution in [3.8, 4) is 5.88 Å². The highest BCUT2D eigenvalue weighted by Gasteiger charge is 2.10.